The van der Waals surface area contributed by atoms with Crippen LogP contribution in [0.2, 0.25) is 0 Å². The molecule has 1 aromatic rings. The Kier molecular flexibility index (Phi) is 14.7. The van der Waals surface area contributed by atoms with Crippen molar-refractivity contribution in [3.8, 4) is 0 Å². The molecule has 0 spiro atoms. The number of allylic oxidation sites excluding steroid dienone is 1. The largest absolute Gasteiger partial charge is 0.387 e. The fraction of sp³-hybridized carbons (Fsp3) is 0.500. The first-order chi connectivity index (χ1) is 18.8. The Balaban J connectivity index is 2.59. The zero-order chi connectivity index (χ0) is 30.2. The molecule has 1 atom stereocenters. The summed E-state index contributed by atoms with van der Waals surface area (Å²) < 4.78 is 5.66. The summed E-state index contributed by atoms with van der Waals surface area (Å²) in [5.41, 5.74) is -0.593. The number of unbranched alkanes of at least 4 members (excludes halogenated alkanes) is 2. The van der Waals surface area contributed by atoms with Crippen molar-refractivity contribution in [2.75, 3.05) is 38.7 Å². The normalized spacial score (nSPS) is 12.8. The maximum atomic E-state index is 12.8. The zero-order valence-corrected chi connectivity index (χ0v) is 24.0. The Hall–Kier alpha value is -3.63. The van der Waals surface area contributed by atoms with E-state index in [1.807, 2.05) is 13.8 Å². The minimum Gasteiger partial charge on any atom is -0.387 e. The predicted octanol–water partition coefficient (Wildman–Crippen LogP) is 3.31. The van der Waals surface area contributed by atoms with Crippen LogP contribution in [-0.2, 0) is 19.1 Å². The van der Waals surface area contributed by atoms with E-state index in [9.17, 15) is 29.1 Å². The first-order valence-electron chi connectivity index (χ1n) is 13.3. The van der Waals surface area contributed by atoms with Crippen LogP contribution < -0.4 is 10.6 Å². The summed E-state index contributed by atoms with van der Waals surface area (Å²) in [5, 5.41) is 15.8. The molecule has 220 valence electrons. The Morgan fingerprint density at radius 2 is 1.80 bits per heavy atom. The zero-order valence-electron chi connectivity index (χ0n) is 24.0. The topological polar surface area (TPSA) is 142 Å². The number of hydrogen-bond donors (Lipinski definition) is 3. The van der Waals surface area contributed by atoms with Gasteiger partial charge in [-0.1, -0.05) is 26.3 Å². The number of likely N-dealkylation sites (N-methyl/N-ethyl adjacent to an activating group) is 1. The molecule has 10 nitrogen and oxygen atoms in total. The predicted molar refractivity (Wildman–Crippen MR) is 154 cm³/mol. The van der Waals surface area contributed by atoms with Gasteiger partial charge in [0.05, 0.1) is 18.8 Å². The number of carbonyl (C=O) groups is 5. The van der Waals surface area contributed by atoms with E-state index < -0.39 is 16.9 Å². The summed E-state index contributed by atoms with van der Waals surface area (Å²) in [7, 11) is 1.64. The van der Waals surface area contributed by atoms with Gasteiger partial charge in [0, 0.05) is 54.9 Å². The third-order valence-corrected chi connectivity index (χ3v) is 5.95. The maximum Gasteiger partial charge on any atom is 0.251 e. The van der Waals surface area contributed by atoms with Gasteiger partial charge in [0.25, 0.3) is 5.91 Å². The van der Waals surface area contributed by atoms with E-state index in [2.05, 4.69) is 17.2 Å². The van der Waals surface area contributed by atoms with Gasteiger partial charge in [-0.25, -0.2) is 0 Å². The van der Waals surface area contributed by atoms with E-state index in [0.717, 1.165) is 12.5 Å². The van der Waals surface area contributed by atoms with Gasteiger partial charge < -0.3 is 25.4 Å². The number of ether oxygens (including phenoxy) is 1. The van der Waals surface area contributed by atoms with Gasteiger partial charge in [-0.2, -0.15) is 0 Å². The van der Waals surface area contributed by atoms with Gasteiger partial charge in [-0.3, -0.25) is 24.0 Å². The van der Waals surface area contributed by atoms with Crippen molar-refractivity contribution in [2.45, 2.75) is 58.5 Å². The molecule has 3 amide bonds. The van der Waals surface area contributed by atoms with Crippen molar-refractivity contribution < 1.29 is 33.8 Å². The Bertz CT molecular complexity index is 1060. The Morgan fingerprint density at radius 1 is 1.07 bits per heavy atom. The van der Waals surface area contributed by atoms with E-state index in [1.54, 1.807) is 20.0 Å². The number of benzene rings is 1. The van der Waals surface area contributed by atoms with Gasteiger partial charge in [-0.05, 0) is 50.5 Å². The average molecular weight is 558 g/mol. The van der Waals surface area contributed by atoms with E-state index in [-0.39, 0.29) is 42.5 Å². The highest BCUT2D eigenvalue weighted by molar-refractivity contribution is 5.99. The lowest BCUT2D eigenvalue weighted by Crippen LogP contribution is -2.38. The Morgan fingerprint density at radius 3 is 2.45 bits per heavy atom. The number of aliphatic hydroxyl groups is 1. The fourth-order valence-corrected chi connectivity index (χ4v) is 3.71. The molecule has 0 aliphatic carbocycles. The molecule has 0 aromatic heterocycles. The molecule has 0 aliphatic heterocycles. The Labute approximate surface area is 236 Å². The molecule has 0 saturated carbocycles. The van der Waals surface area contributed by atoms with E-state index >= 15 is 0 Å². The molecule has 1 unspecified atom stereocenters. The summed E-state index contributed by atoms with van der Waals surface area (Å²) in [5.74, 6) is -0.906. The molecule has 0 aliphatic rings. The van der Waals surface area contributed by atoms with Crippen LogP contribution in [0.3, 0.4) is 0 Å². The number of anilines is 1. The third-order valence-electron chi connectivity index (χ3n) is 5.95. The first-order valence-corrected chi connectivity index (χ1v) is 13.3. The number of carbonyl (C=O) groups excluding carboxylic acids is 5. The first kappa shape index (κ1) is 34.4. The molecule has 0 fully saturated rings. The molecule has 0 heterocycles. The quantitative estimate of drug-likeness (QED) is 0.103. The lowest BCUT2D eigenvalue weighted by Gasteiger charge is -2.28. The molecular formula is C30H43N3O7. The van der Waals surface area contributed by atoms with E-state index in [1.165, 1.54) is 29.2 Å². The van der Waals surface area contributed by atoms with Crippen molar-refractivity contribution in [2.24, 2.45) is 5.41 Å². The van der Waals surface area contributed by atoms with Crippen LogP contribution in [0, 0.1) is 5.41 Å². The van der Waals surface area contributed by atoms with Gasteiger partial charge in [0.15, 0.2) is 0 Å². The molecule has 0 bridgehead atoms. The second-order valence-corrected chi connectivity index (χ2v) is 10.9. The molecular weight excluding hydrogens is 514 g/mol. The second-order valence-electron chi connectivity index (χ2n) is 10.9. The van der Waals surface area contributed by atoms with Gasteiger partial charge in [0.1, 0.15) is 12.6 Å². The van der Waals surface area contributed by atoms with Gasteiger partial charge >= 0.3 is 0 Å². The molecule has 0 radical (unpaired) electrons. The van der Waals surface area contributed by atoms with E-state index in [4.69, 9.17) is 4.74 Å². The number of rotatable bonds is 19. The highest BCUT2D eigenvalue weighted by Gasteiger charge is 2.24. The monoisotopic (exact) mass is 557 g/mol. The maximum absolute atomic E-state index is 12.8. The van der Waals surface area contributed by atoms with Crippen LogP contribution in [0.5, 0.6) is 0 Å². The van der Waals surface area contributed by atoms with E-state index in [0.29, 0.717) is 50.7 Å². The number of amides is 3. The second kappa shape index (κ2) is 17.1. The minimum atomic E-state index is -1.01. The molecule has 1 rings (SSSR count). The molecule has 3 N–H and O–H groups in total. The van der Waals surface area contributed by atoms with Crippen LogP contribution >= 0.6 is 0 Å². The fourth-order valence-electron chi connectivity index (χ4n) is 3.71. The average Bonchev–Trinajstić information content (AvgIpc) is 2.89. The highest BCUT2D eigenvalue weighted by Crippen LogP contribution is 2.19. The lowest BCUT2D eigenvalue weighted by atomic mass is 9.94. The van der Waals surface area contributed by atoms with Crippen molar-refractivity contribution in [3.63, 3.8) is 0 Å². The van der Waals surface area contributed by atoms with Gasteiger partial charge in [-0.15, -0.1) is 6.58 Å². The molecule has 0 saturated heterocycles. The molecule has 10 heteroatoms. The van der Waals surface area contributed by atoms with Crippen molar-refractivity contribution >= 4 is 36.0 Å². The smallest absolute Gasteiger partial charge is 0.251 e. The summed E-state index contributed by atoms with van der Waals surface area (Å²) in [6, 6.07) is 4.47. The van der Waals surface area contributed by atoms with Crippen LogP contribution in [0.15, 0.2) is 43.0 Å². The number of nitrogens with zero attached hydrogens (tertiary/aromatic N) is 1. The van der Waals surface area contributed by atoms with Crippen LogP contribution in [0.25, 0.3) is 0 Å². The van der Waals surface area contributed by atoms with Crippen LogP contribution in [-0.4, -0.2) is 79.3 Å². The highest BCUT2D eigenvalue weighted by atomic mass is 16.5. The lowest BCUT2D eigenvalue weighted by molar-refractivity contribution is -0.125. The SMILES string of the molecule is C=CCC(C)(O)COCC(C)(C)CNC(=O)c1cc(C=O)cc(NC(=O)CCCCCN(C)C(=O)/C=C\C=O)c1. The summed E-state index contributed by atoms with van der Waals surface area (Å²) >= 11 is 0. The summed E-state index contributed by atoms with van der Waals surface area (Å²) in [6.07, 6.45) is 7.79. The van der Waals surface area contributed by atoms with Crippen molar-refractivity contribution in [1.82, 2.24) is 10.2 Å². The summed E-state index contributed by atoms with van der Waals surface area (Å²) in [6.45, 7) is 10.4. The van der Waals surface area contributed by atoms with Crippen LogP contribution in [0.4, 0.5) is 5.69 Å². The third kappa shape index (κ3) is 14.0. The standard InChI is InChI=1S/C30H43N3O7/c1-6-13-30(4,39)22-40-21-29(2,3)20-31-28(38)24-16-23(19-35)17-25(18-24)32-26(36)11-8-7-9-14-33(5)27(37)12-10-15-34/h6,10,12,15-19,39H,1,7-9,11,13-14,20-22H2,2-5H3,(H,31,38)(H,32,36)/b12-10-. The molecule has 1 aromatic carbocycles. The molecule has 40 heavy (non-hydrogen) atoms. The van der Waals surface area contributed by atoms with Gasteiger partial charge in [0.2, 0.25) is 11.8 Å². The van der Waals surface area contributed by atoms with Crippen LogP contribution in [0.1, 0.15) is 73.6 Å². The number of nitrogens with one attached hydrogen (secondary N) is 2. The van der Waals surface area contributed by atoms with Crippen molar-refractivity contribution in [3.05, 3.63) is 54.1 Å². The van der Waals surface area contributed by atoms with Crippen molar-refractivity contribution in [1.29, 1.82) is 0 Å². The summed E-state index contributed by atoms with van der Waals surface area (Å²) in [4.78, 5) is 60.3. The minimum absolute atomic E-state index is 0.137. The number of aldehydes is 2. The number of hydrogen-bond acceptors (Lipinski definition) is 7.